The second-order valence-electron chi connectivity index (χ2n) is 8.90. The lowest BCUT2D eigenvalue weighted by molar-refractivity contribution is -0.131. The zero-order valence-corrected chi connectivity index (χ0v) is 21.6. The van der Waals surface area contributed by atoms with Crippen molar-refractivity contribution in [1.29, 1.82) is 0 Å². The standard InChI is InChI=1S/C26H23BrClN5O3/c27-19-14-29-33-24(13-21(31-26(19)33)18-3-1-2-4-20(18)28)30-17-7-9-32(10-8-17)25(34)12-16-5-6-22-23(11-16)36-15-35-22/h1-6,11,13-14,17,30H,7-10,12,15H2. The number of ether oxygens (including phenoxy) is 2. The first-order valence-corrected chi connectivity index (χ1v) is 12.9. The van der Waals surface area contributed by atoms with Crippen LogP contribution in [-0.4, -0.2) is 51.3 Å². The zero-order chi connectivity index (χ0) is 24.6. The summed E-state index contributed by atoms with van der Waals surface area (Å²) in [6.45, 7) is 1.61. The molecule has 8 nitrogen and oxygen atoms in total. The van der Waals surface area contributed by atoms with Crippen molar-refractivity contribution in [2.75, 3.05) is 25.2 Å². The van der Waals surface area contributed by atoms with Gasteiger partial charge in [0.05, 0.1) is 22.8 Å². The highest BCUT2D eigenvalue weighted by atomic mass is 79.9. The summed E-state index contributed by atoms with van der Waals surface area (Å²) in [6, 6.07) is 15.5. The van der Waals surface area contributed by atoms with Gasteiger partial charge < -0.3 is 19.7 Å². The molecule has 2 aliphatic heterocycles. The van der Waals surface area contributed by atoms with Crippen LogP contribution in [0.5, 0.6) is 11.5 Å². The first-order valence-electron chi connectivity index (χ1n) is 11.8. The van der Waals surface area contributed by atoms with E-state index in [9.17, 15) is 4.79 Å². The molecular formula is C26H23BrClN5O3. The van der Waals surface area contributed by atoms with Crippen LogP contribution in [0.4, 0.5) is 5.82 Å². The van der Waals surface area contributed by atoms with Crippen LogP contribution in [0.1, 0.15) is 18.4 Å². The van der Waals surface area contributed by atoms with Crippen molar-refractivity contribution in [3.63, 3.8) is 0 Å². The molecule has 1 fully saturated rings. The van der Waals surface area contributed by atoms with Crippen LogP contribution in [0, 0.1) is 0 Å². The number of anilines is 1. The van der Waals surface area contributed by atoms with Crippen LogP contribution in [0.25, 0.3) is 16.9 Å². The first-order chi connectivity index (χ1) is 17.5. The van der Waals surface area contributed by atoms with Gasteiger partial charge in [-0.1, -0.05) is 35.9 Å². The Bertz CT molecular complexity index is 1450. The molecule has 0 unspecified atom stereocenters. The molecule has 2 aromatic carbocycles. The summed E-state index contributed by atoms with van der Waals surface area (Å²) in [4.78, 5) is 19.6. The van der Waals surface area contributed by atoms with Crippen LogP contribution < -0.4 is 14.8 Å². The number of fused-ring (bicyclic) bond motifs is 2. The minimum atomic E-state index is 0.121. The Balaban J connectivity index is 1.15. The summed E-state index contributed by atoms with van der Waals surface area (Å²) in [7, 11) is 0. The minimum Gasteiger partial charge on any atom is -0.454 e. The van der Waals surface area contributed by atoms with Crippen LogP contribution in [0.15, 0.2) is 59.2 Å². The van der Waals surface area contributed by atoms with Crippen molar-refractivity contribution in [1.82, 2.24) is 19.5 Å². The summed E-state index contributed by atoms with van der Waals surface area (Å²) < 4.78 is 13.4. The van der Waals surface area contributed by atoms with Crippen molar-refractivity contribution >= 4 is 44.9 Å². The molecule has 2 aromatic heterocycles. The van der Waals surface area contributed by atoms with E-state index in [0.29, 0.717) is 35.9 Å². The van der Waals surface area contributed by atoms with Gasteiger partial charge in [-0.25, -0.2) is 4.98 Å². The largest absolute Gasteiger partial charge is 0.454 e. The first kappa shape index (κ1) is 23.1. The van der Waals surface area contributed by atoms with E-state index < -0.39 is 0 Å². The lowest BCUT2D eigenvalue weighted by atomic mass is 10.0. The number of nitrogens with one attached hydrogen (secondary N) is 1. The SMILES string of the molecule is O=C(Cc1ccc2c(c1)OCO2)N1CCC(Nc2cc(-c3ccccc3Cl)nc3c(Br)cnn23)CC1. The molecule has 2 aliphatic rings. The number of nitrogens with zero attached hydrogens (tertiary/aromatic N) is 4. The van der Waals surface area contributed by atoms with Crippen molar-refractivity contribution < 1.29 is 14.3 Å². The molecule has 1 amide bonds. The monoisotopic (exact) mass is 567 g/mol. The molecule has 36 heavy (non-hydrogen) atoms. The molecule has 0 aliphatic carbocycles. The molecular weight excluding hydrogens is 546 g/mol. The van der Waals surface area contributed by atoms with Gasteiger partial charge in [0.25, 0.3) is 0 Å². The van der Waals surface area contributed by atoms with Gasteiger partial charge in [-0.05, 0) is 52.5 Å². The molecule has 10 heteroatoms. The van der Waals surface area contributed by atoms with E-state index in [0.717, 1.165) is 45.7 Å². The number of benzene rings is 2. The van der Waals surface area contributed by atoms with E-state index in [1.807, 2.05) is 53.4 Å². The summed E-state index contributed by atoms with van der Waals surface area (Å²) in [5.74, 6) is 2.39. The molecule has 6 rings (SSSR count). The number of amides is 1. The average molecular weight is 569 g/mol. The molecule has 4 aromatic rings. The van der Waals surface area contributed by atoms with Gasteiger partial charge in [0, 0.05) is 35.8 Å². The predicted molar refractivity (Wildman–Crippen MR) is 141 cm³/mol. The third kappa shape index (κ3) is 4.49. The molecule has 0 spiro atoms. The molecule has 0 saturated carbocycles. The van der Waals surface area contributed by atoms with Gasteiger partial charge in [0.15, 0.2) is 17.1 Å². The Labute approximate surface area is 221 Å². The maximum atomic E-state index is 12.9. The number of aromatic nitrogens is 3. The quantitative estimate of drug-likeness (QED) is 0.357. The Hall–Kier alpha value is -3.30. The summed E-state index contributed by atoms with van der Waals surface area (Å²) in [5, 5.41) is 8.76. The summed E-state index contributed by atoms with van der Waals surface area (Å²) in [6.07, 6.45) is 3.75. The van der Waals surface area contributed by atoms with Crippen LogP contribution in [0.3, 0.4) is 0 Å². The highest BCUT2D eigenvalue weighted by molar-refractivity contribution is 9.10. The minimum absolute atomic E-state index is 0.121. The van der Waals surface area contributed by atoms with E-state index in [4.69, 9.17) is 26.1 Å². The van der Waals surface area contributed by atoms with Gasteiger partial charge in [0.1, 0.15) is 5.82 Å². The topological polar surface area (TPSA) is 81.0 Å². The lowest BCUT2D eigenvalue weighted by Gasteiger charge is -2.33. The number of likely N-dealkylation sites (tertiary alicyclic amines) is 1. The normalized spacial score (nSPS) is 15.4. The Morgan fingerprint density at radius 3 is 2.75 bits per heavy atom. The predicted octanol–water partition coefficient (Wildman–Crippen LogP) is 5.19. The Kier molecular flexibility index (Phi) is 6.18. The van der Waals surface area contributed by atoms with Gasteiger partial charge >= 0.3 is 0 Å². The number of rotatable bonds is 5. The van der Waals surface area contributed by atoms with E-state index >= 15 is 0 Å². The van der Waals surface area contributed by atoms with Gasteiger partial charge in [-0.3, -0.25) is 4.79 Å². The van der Waals surface area contributed by atoms with E-state index in [1.165, 1.54) is 0 Å². The highest BCUT2D eigenvalue weighted by Gasteiger charge is 2.25. The highest BCUT2D eigenvalue weighted by Crippen LogP contribution is 2.33. The third-order valence-corrected chi connectivity index (χ3v) is 7.46. The molecule has 0 atom stereocenters. The second-order valence-corrected chi connectivity index (χ2v) is 10.2. The fraction of sp³-hybridized carbons (Fsp3) is 0.269. The fourth-order valence-electron chi connectivity index (χ4n) is 4.67. The van der Waals surface area contributed by atoms with Gasteiger partial charge in [-0.2, -0.15) is 9.61 Å². The Morgan fingerprint density at radius 2 is 1.92 bits per heavy atom. The number of carbonyl (C=O) groups is 1. The molecule has 4 heterocycles. The maximum absolute atomic E-state index is 12.9. The molecule has 0 bridgehead atoms. The average Bonchev–Trinajstić information content (AvgIpc) is 3.51. The fourth-order valence-corrected chi connectivity index (χ4v) is 5.25. The number of hydrogen-bond donors (Lipinski definition) is 1. The van der Waals surface area contributed by atoms with Crippen molar-refractivity contribution in [3.8, 4) is 22.8 Å². The number of hydrogen-bond acceptors (Lipinski definition) is 6. The number of carbonyl (C=O) groups excluding carboxylic acids is 1. The molecule has 184 valence electrons. The van der Waals surface area contributed by atoms with Crippen LogP contribution >= 0.6 is 27.5 Å². The summed E-state index contributed by atoms with van der Waals surface area (Å²) >= 11 is 10.0. The molecule has 1 saturated heterocycles. The molecule has 0 radical (unpaired) electrons. The number of piperidine rings is 1. The summed E-state index contributed by atoms with van der Waals surface area (Å²) in [5.41, 5.74) is 3.28. The van der Waals surface area contributed by atoms with Crippen molar-refractivity contribution in [3.05, 3.63) is 69.8 Å². The van der Waals surface area contributed by atoms with E-state index in [2.05, 4.69) is 26.3 Å². The van der Waals surface area contributed by atoms with Crippen molar-refractivity contribution in [2.24, 2.45) is 0 Å². The number of halogens is 2. The zero-order valence-electron chi connectivity index (χ0n) is 19.3. The van der Waals surface area contributed by atoms with E-state index in [-0.39, 0.29) is 18.7 Å². The smallest absolute Gasteiger partial charge is 0.231 e. The van der Waals surface area contributed by atoms with E-state index in [1.54, 1.807) is 10.7 Å². The second kappa shape index (κ2) is 9.63. The lowest BCUT2D eigenvalue weighted by Crippen LogP contribution is -2.43. The van der Waals surface area contributed by atoms with Gasteiger partial charge in [-0.15, -0.1) is 0 Å². The third-order valence-electron chi connectivity index (χ3n) is 6.57. The van der Waals surface area contributed by atoms with Crippen LogP contribution in [0.2, 0.25) is 5.02 Å². The van der Waals surface area contributed by atoms with Gasteiger partial charge in [0.2, 0.25) is 12.7 Å². The molecule has 1 N–H and O–H groups in total. The Morgan fingerprint density at radius 1 is 1.11 bits per heavy atom. The van der Waals surface area contributed by atoms with Crippen molar-refractivity contribution in [2.45, 2.75) is 25.3 Å². The van der Waals surface area contributed by atoms with Crippen LogP contribution in [-0.2, 0) is 11.2 Å². The maximum Gasteiger partial charge on any atom is 0.231 e.